The van der Waals surface area contributed by atoms with E-state index in [1.807, 2.05) is 37.3 Å². The van der Waals surface area contributed by atoms with Crippen LogP contribution in [0.3, 0.4) is 0 Å². The Morgan fingerprint density at radius 2 is 2.11 bits per heavy atom. The quantitative estimate of drug-likeness (QED) is 0.778. The Labute approximate surface area is 108 Å². The number of unbranched alkanes of at least 4 members (excludes halogenated alkanes) is 1. The molecule has 1 unspecified atom stereocenters. The normalized spacial score (nSPS) is 11.2. The molecule has 96 valence electrons. The lowest BCUT2D eigenvalue weighted by atomic mass is 10.2. The Hall–Kier alpha value is -1.79. The Bertz CT molecular complexity index is 417. The van der Waals surface area contributed by atoms with Crippen LogP contribution >= 0.6 is 0 Å². The molecule has 18 heavy (non-hydrogen) atoms. The molecule has 0 saturated carbocycles. The predicted molar refractivity (Wildman–Crippen MR) is 71.6 cm³/mol. The van der Waals surface area contributed by atoms with E-state index in [1.165, 1.54) is 0 Å². The maximum absolute atomic E-state index is 11.4. The first-order valence-electron chi connectivity index (χ1n) is 6.23. The van der Waals surface area contributed by atoms with Crippen molar-refractivity contribution in [3.63, 3.8) is 0 Å². The molecule has 0 aliphatic rings. The molecule has 0 aromatic heterocycles. The van der Waals surface area contributed by atoms with E-state index in [9.17, 15) is 9.90 Å². The highest BCUT2D eigenvalue weighted by atomic mass is 16.3. The van der Waals surface area contributed by atoms with E-state index in [4.69, 9.17) is 0 Å². The van der Waals surface area contributed by atoms with Gasteiger partial charge in [0.15, 0.2) is 0 Å². The number of carbonyl (C=O) groups excluding carboxylic acids is 1. The van der Waals surface area contributed by atoms with Gasteiger partial charge in [0.25, 0.3) is 5.91 Å². The Morgan fingerprint density at radius 1 is 1.39 bits per heavy atom. The van der Waals surface area contributed by atoms with E-state index in [0.717, 1.165) is 18.4 Å². The van der Waals surface area contributed by atoms with Crippen LogP contribution in [0.25, 0.3) is 0 Å². The van der Waals surface area contributed by atoms with E-state index >= 15 is 0 Å². The maximum atomic E-state index is 11.4. The van der Waals surface area contributed by atoms with Crippen LogP contribution in [0.15, 0.2) is 30.3 Å². The van der Waals surface area contributed by atoms with Crippen molar-refractivity contribution in [1.82, 2.24) is 5.32 Å². The summed E-state index contributed by atoms with van der Waals surface area (Å²) in [6, 6.07) is 9.63. The Balaban J connectivity index is 2.31. The highest BCUT2D eigenvalue weighted by Gasteiger charge is 1.99. The van der Waals surface area contributed by atoms with E-state index in [0.29, 0.717) is 13.0 Å². The number of aliphatic hydroxyl groups excluding tert-OH is 1. The number of hydrogen-bond acceptors (Lipinski definition) is 2. The van der Waals surface area contributed by atoms with Crippen molar-refractivity contribution >= 4 is 5.91 Å². The minimum absolute atomic E-state index is 0.352. The fourth-order valence-corrected chi connectivity index (χ4v) is 1.44. The average Bonchev–Trinajstić information content (AvgIpc) is 2.41. The largest absolute Gasteiger partial charge is 0.380 e. The molecule has 1 amide bonds. The summed E-state index contributed by atoms with van der Waals surface area (Å²) < 4.78 is 0. The lowest BCUT2D eigenvalue weighted by Crippen LogP contribution is -2.21. The van der Waals surface area contributed by atoms with E-state index in [2.05, 4.69) is 17.2 Å². The second-order valence-electron chi connectivity index (χ2n) is 4.10. The summed E-state index contributed by atoms with van der Waals surface area (Å²) in [5.41, 5.74) is 1.03. The number of aliphatic hydroxyl groups is 1. The van der Waals surface area contributed by atoms with E-state index in [1.54, 1.807) is 0 Å². The smallest absolute Gasteiger partial charge is 0.296 e. The molecule has 0 aliphatic heterocycles. The third-order valence-corrected chi connectivity index (χ3v) is 2.48. The molecule has 2 N–H and O–H groups in total. The van der Waals surface area contributed by atoms with Crippen LogP contribution < -0.4 is 5.32 Å². The minimum atomic E-state index is -0.701. The van der Waals surface area contributed by atoms with E-state index < -0.39 is 6.10 Å². The van der Waals surface area contributed by atoms with Crippen molar-refractivity contribution in [2.45, 2.75) is 38.8 Å². The molecule has 0 fully saturated rings. The van der Waals surface area contributed by atoms with Crippen molar-refractivity contribution < 1.29 is 9.90 Å². The molecule has 0 heterocycles. The average molecular weight is 245 g/mol. The SMILES string of the molecule is CCCCC(O)C#CC(=O)NCc1ccccc1. The molecular weight excluding hydrogens is 226 g/mol. The van der Waals surface area contributed by atoms with Crippen LogP contribution in [0.4, 0.5) is 0 Å². The first-order chi connectivity index (χ1) is 8.72. The zero-order valence-corrected chi connectivity index (χ0v) is 10.6. The van der Waals surface area contributed by atoms with Gasteiger partial charge < -0.3 is 10.4 Å². The van der Waals surface area contributed by atoms with Crippen LogP contribution in [0, 0.1) is 11.8 Å². The van der Waals surface area contributed by atoms with Crippen LogP contribution in [0.5, 0.6) is 0 Å². The highest BCUT2D eigenvalue weighted by Crippen LogP contribution is 1.99. The van der Waals surface area contributed by atoms with Gasteiger partial charge in [-0.2, -0.15) is 0 Å². The first kappa shape index (κ1) is 14.3. The summed E-state index contributed by atoms with van der Waals surface area (Å²) in [7, 11) is 0. The van der Waals surface area contributed by atoms with Gasteiger partial charge in [-0.05, 0) is 17.9 Å². The second kappa shape index (κ2) is 8.32. The molecular formula is C15H19NO2. The molecule has 0 radical (unpaired) electrons. The summed E-state index contributed by atoms with van der Waals surface area (Å²) in [5.74, 6) is 4.61. The zero-order valence-electron chi connectivity index (χ0n) is 10.6. The number of rotatable bonds is 5. The third kappa shape index (κ3) is 6.07. The molecule has 3 nitrogen and oxygen atoms in total. The molecule has 3 heteroatoms. The van der Waals surface area contributed by atoms with Gasteiger partial charge in [-0.25, -0.2) is 0 Å². The van der Waals surface area contributed by atoms with Gasteiger partial charge >= 0.3 is 0 Å². The van der Waals surface area contributed by atoms with Crippen LogP contribution in [0.1, 0.15) is 31.7 Å². The van der Waals surface area contributed by atoms with Gasteiger partial charge in [0.05, 0.1) is 0 Å². The van der Waals surface area contributed by atoms with Crippen molar-refractivity contribution in [1.29, 1.82) is 0 Å². The molecule has 0 spiro atoms. The van der Waals surface area contributed by atoms with Crippen LogP contribution in [-0.4, -0.2) is 17.1 Å². The molecule has 0 aliphatic carbocycles. The summed E-state index contributed by atoms with van der Waals surface area (Å²) in [5, 5.41) is 12.1. The van der Waals surface area contributed by atoms with Crippen LogP contribution in [0.2, 0.25) is 0 Å². The molecule has 1 aromatic rings. The van der Waals surface area contributed by atoms with Gasteiger partial charge in [0.2, 0.25) is 0 Å². The van der Waals surface area contributed by atoms with Crippen molar-refractivity contribution in [2.75, 3.05) is 0 Å². The molecule has 1 rings (SSSR count). The van der Waals surface area contributed by atoms with Gasteiger partial charge in [-0.1, -0.05) is 56.0 Å². The lowest BCUT2D eigenvalue weighted by molar-refractivity contribution is -0.115. The lowest BCUT2D eigenvalue weighted by Gasteiger charge is -2.01. The monoisotopic (exact) mass is 245 g/mol. The Morgan fingerprint density at radius 3 is 2.78 bits per heavy atom. The van der Waals surface area contributed by atoms with Crippen LogP contribution in [-0.2, 0) is 11.3 Å². The maximum Gasteiger partial charge on any atom is 0.296 e. The molecule has 1 atom stereocenters. The minimum Gasteiger partial charge on any atom is -0.380 e. The second-order valence-corrected chi connectivity index (χ2v) is 4.10. The van der Waals surface area contributed by atoms with Gasteiger partial charge in [0, 0.05) is 6.54 Å². The highest BCUT2D eigenvalue weighted by molar-refractivity contribution is 5.93. The van der Waals surface area contributed by atoms with Crippen molar-refractivity contribution in [3.05, 3.63) is 35.9 Å². The first-order valence-corrected chi connectivity index (χ1v) is 6.23. The number of amides is 1. The van der Waals surface area contributed by atoms with Crippen molar-refractivity contribution in [2.24, 2.45) is 0 Å². The molecule has 0 saturated heterocycles. The molecule has 0 bridgehead atoms. The van der Waals surface area contributed by atoms with Crippen molar-refractivity contribution in [3.8, 4) is 11.8 Å². The van der Waals surface area contributed by atoms with Gasteiger partial charge in [-0.3, -0.25) is 4.79 Å². The fourth-order valence-electron chi connectivity index (χ4n) is 1.44. The number of nitrogens with one attached hydrogen (secondary N) is 1. The third-order valence-electron chi connectivity index (χ3n) is 2.48. The Kier molecular flexibility index (Phi) is 6.60. The summed E-state index contributed by atoms with van der Waals surface area (Å²) in [4.78, 5) is 11.4. The number of carbonyl (C=O) groups is 1. The summed E-state index contributed by atoms with van der Waals surface area (Å²) in [6.07, 6.45) is 1.85. The summed E-state index contributed by atoms with van der Waals surface area (Å²) >= 11 is 0. The predicted octanol–water partition coefficient (Wildman–Crippen LogP) is 1.86. The zero-order chi connectivity index (χ0) is 13.2. The van der Waals surface area contributed by atoms with E-state index in [-0.39, 0.29) is 5.91 Å². The summed E-state index contributed by atoms with van der Waals surface area (Å²) in [6.45, 7) is 2.51. The standard InChI is InChI=1S/C15H19NO2/c1-2-3-9-14(17)10-11-15(18)16-12-13-7-5-4-6-8-13/h4-8,14,17H,2-3,9,12H2,1H3,(H,16,18). The fraction of sp³-hybridized carbons (Fsp3) is 0.400. The molecule has 1 aromatic carbocycles. The topological polar surface area (TPSA) is 49.3 Å². The van der Waals surface area contributed by atoms with Gasteiger partial charge in [-0.15, -0.1) is 0 Å². The van der Waals surface area contributed by atoms with Gasteiger partial charge in [0.1, 0.15) is 6.10 Å². The number of hydrogen-bond donors (Lipinski definition) is 2. The number of benzene rings is 1.